The summed E-state index contributed by atoms with van der Waals surface area (Å²) in [5.74, 6) is -0.147. The van der Waals surface area contributed by atoms with Crippen molar-refractivity contribution in [3.63, 3.8) is 0 Å². The maximum Gasteiger partial charge on any atom is 0.141 e. The van der Waals surface area contributed by atoms with Gasteiger partial charge in [-0.15, -0.1) is 0 Å². The molecule has 2 unspecified atom stereocenters. The summed E-state index contributed by atoms with van der Waals surface area (Å²) in [6.45, 7) is 0. The molecule has 0 heterocycles. The first kappa shape index (κ1) is 12.7. The Morgan fingerprint density at radius 3 is 2.82 bits per heavy atom. The maximum atomic E-state index is 13.0. The van der Waals surface area contributed by atoms with Gasteiger partial charge < -0.3 is 5.73 Å². The topological polar surface area (TPSA) is 43.1 Å². The van der Waals surface area contributed by atoms with Gasteiger partial charge in [-0.25, -0.2) is 4.39 Å². The standard InChI is InChI=1S/C13H15BrFNO/c14-10-6-8(4-5-11(10)15)7-13(17)9-2-1-3-12(9)16/h4-6,9,12H,1-3,7,16H2. The van der Waals surface area contributed by atoms with Crippen LogP contribution >= 0.6 is 15.9 Å². The zero-order chi connectivity index (χ0) is 12.4. The molecule has 0 spiro atoms. The lowest BCUT2D eigenvalue weighted by atomic mass is 9.94. The Bertz CT molecular complexity index is 435. The van der Waals surface area contributed by atoms with Gasteiger partial charge in [0, 0.05) is 18.4 Å². The van der Waals surface area contributed by atoms with Crippen LogP contribution in [-0.4, -0.2) is 11.8 Å². The quantitative estimate of drug-likeness (QED) is 0.933. The van der Waals surface area contributed by atoms with Gasteiger partial charge in [-0.05, 0) is 46.5 Å². The number of nitrogens with two attached hydrogens (primary N) is 1. The highest BCUT2D eigenvalue weighted by Crippen LogP contribution is 2.26. The summed E-state index contributed by atoms with van der Waals surface area (Å²) in [6.07, 6.45) is 3.20. The smallest absolute Gasteiger partial charge is 0.141 e. The second-order valence-corrected chi connectivity index (χ2v) is 5.45. The van der Waals surface area contributed by atoms with E-state index in [1.54, 1.807) is 12.1 Å². The van der Waals surface area contributed by atoms with E-state index in [0.717, 1.165) is 24.8 Å². The van der Waals surface area contributed by atoms with Crippen LogP contribution in [0.15, 0.2) is 22.7 Å². The molecule has 4 heteroatoms. The monoisotopic (exact) mass is 299 g/mol. The molecule has 2 rings (SSSR count). The van der Waals surface area contributed by atoms with Crippen molar-refractivity contribution in [1.82, 2.24) is 0 Å². The third kappa shape index (κ3) is 2.93. The Morgan fingerprint density at radius 1 is 1.47 bits per heavy atom. The van der Waals surface area contributed by atoms with E-state index < -0.39 is 0 Å². The van der Waals surface area contributed by atoms with Crippen LogP contribution < -0.4 is 5.73 Å². The predicted molar refractivity (Wildman–Crippen MR) is 68.1 cm³/mol. The fourth-order valence-corrected chi connectivity index (χ4v) is 2.80. The minimum absolute atomic E-state index is 0.00592. The molecule has 0 aliphatic heterocycles. The van der Waals surface area contributed by atoms with E-state index in [-0.39, 0.29) is 23.6 Å². The van der Waals surface area contributed by atoms with E-state index in [0.29, 0.717) is 10.9 Å². The summed E-state index contributed by atoms with van der Waals surface area (Å²) in [6, 6.07) is 4.69. The predicted octanol–water partition coefficient (Wildman–Crippen LogP) is 2.83. The fourth-order valence-electron chi connectivity index (χ4n) is 2.37. The summed E-state index contributed by atoms with van der Waals surface area (Å²) in [5.41, 5.74) is 6.73. The number of hydrogen-bond donors (Lipinski definition) is 1. The number of ketones is 1. The van der Waals surface area contributed by atoms with E-state index in [1.807, 2.05) is 0 Å². The number of carbonyl (C=O) groups excluding carboxylic acids is 1. The first-order valence-corrected chi connectivity index (χ1v) is 6.59. The SMILES string of the molecule is NC1CCCC1C(=O)Cc1ccc(F)c(Br)c1. The van der Waals surface area contributed by atoms with Crippen LogP contribution in [0.4, 0.5) is 4.39 Å². The normalized spacial score (nSPS) is 23.9. The van der Waals surface area contributed by atoms with Gasteiger partial charge in [0.25, 0.3) is 0 Å². The van der Waals surface area contributed by atoms with Gasteiger partial charge in [0.05, 0.1) is 4.47 Å². The number of benzene rings is 1. The molecule has 0 bridgehead atoms. The van der Waals surface area contributed by atoms with Gasteiger partial charge in [0.15, 0.2) is 0 Å². The average Bonchev–Trinajstić information content (AvgIpc) is 2.70. The zero-order valence-corrected chi connectivity index (χ0v) is 11.0. The second-order valence-electron chi connectivity index (χ2n) is 4.59. The van der Waals surface area contributed by atoms with E-state index in [9.17, 15) is 9.18 Å². The van der Waals surface area contributed by atoms with Crippen molar-refractivity contribution in [1.29, 1.82) is 0 Å². The maximum absolute atomic E-state index is 13.0. The van der Waals surface area contributed by atoms with Crippen molar-refractivity contribution in [2.75, 3.05) is 0 Å². The molecule has 1 fully saturated rings. The lowest BCUT2D eigenvalue weighted by Gasteiger charge is -2.13. The van der Waals surface area contributed by atoms with Crippen molar-refractivity contribution in [2.45, 2.75) is 31.7 Å². The summed E-state index contributed by atoms with van der Waals surface area (Å²) in [7, 11) is 0. The molecule has 2 N–H and O–H groups in total. The second kappa shape index (κ2) is 5.27. The van der Waals surface area contributed by atoms with Crippen LogP contribution in [0.5, 0.6) is 0 Å². The van der Waals surface area contributed by atoms with E-state index in [2.05, 4.69) is 15.9 Å². The molecule has 0 aromatic heterocycles. The van der Waals surface area contributed by atoms with Crippen LogP contribution in [0, 0.1) is 11.7 Å². The first-order chi connectivity index (χ1) is 8.08. The molecule has 1 aromatic carbocycles. The largest absolute Gasteiger partial charge is 0.327 e. The highest BCUT2D eigenvalue weighted by atomic mass is 79.9. The molecule has 2 nitrogen and oxygen atoms in total. The lowest BCUT2D eigenvalue weighted by molar-refractivity contribution is -0.122. The fraction of sp³-hybridized carbons (Fsp3) is 0.462. The summed E-state index contributed by atoms with van der Waals surface area (Å²) in [4.78, 5) is 12.0. The molecular weight excluding hydrogens is 285 g/mol. The molecule has 2 atom stereocenters. The molecule has 1 saturated carbocycles. The minimum atomic E-state index is -0.307. The Labute approximate surface area is 109 Å². The van der Waals surface area contributed by atoms with Crippen LogP contribution in [0.3, 0.4) is 0 Å². The lowest BCUT2D eigenvalue weighted by Crippen LogP contribution is -2.31. The van der Waals surface area contributed by atoms with E-state index in [4.69, 9.17) is 5.73 Å². The number of hydrogen-bond acceptors (Lipinski definition) is 2. The molecule has 1 aliphatic carbocycles. The molecule has 0 radical (unpaired) electrons. The summed E-state index contributed by atoms with van der Waals surface area (Å²) < 4.78 is 13.4. The van der Waals surface area contributed by atoms with Crippen LogP contribution in [0.1, 0.15) is 24.8 Å². The van der Waals surface area contributed by atoms with Crippen LogP contribution in [0.25, 0.3) is 0 Å². The molecule has 17 heavy (non-hydrogen) atoms. The number of rotatable bonds is 3. The van der Waals surface area contributed by atoms with Crippen molar-refractivity contribution in [2.24, 2.45) is 11.7 Å². The molecule has 1 aromatic rings. The third-order valence-electron chi connectivity index (χ3n) is 3.35. The van der Waals surface area contributed by atoms with Gasteiger partial charge in [-0.1, -0.05) is 12.5 Å². The molecule has 1 aliphatic rings. The van der Waals surface area contributed by atoms with Gasteiger partial charge in [0.1, 0.15) is 11.6 Å². The van der Waals surface area contributed by atoms with Gasteiger partial charge in [0.2, 0.25) is 0 Å². The summed E-state index contributed by atoms with van der Waals surface area (Å²) in [5, 5.41) is 0. The van der Waals surface area contributed by atoms with Crippen molar-refractivity contribution >= 4 is 21.7 Å². The number of carbonyl (C=O) groups is 1. The third-order valence-corrected chi connectivity index (χ3v) is 3.95. The first-order valence-electron chi connectivity index (χ1n) is 5.80. The van der Waals surface area contributed by atoms with Crippen LogP contribution in [-0.2, 0) is 11.2 Å². The number of Topliss-reactive ketones (excluding diaryl/α,β-unsaturated/α-hetero) is 1. The van der Waals surface area contributed by atoms with E-state index in [1.165, 1.54) is 6.07 Å². The Kier molecular flexibility index (Phi) is 3.94. The Morgan fingerprint density at radius 2 is 2.24 bits per heavy atom. The average molecular weight is 300 g/mol. The van der Waals surface area contributed by atoms with Crippen molar-refractivity contribution < 1.29 is 9.18 Å². The molecule has 0 amide bonds. The molecule has 0 saturated heterocycles. The van der Waals surface area contributed by atoms with E-state index >= 15 is 0 Å². The highest BCUT2D eigenvalue weighted by Gasteiger charge is 2.29. The molecular formula is C13H15BrFNO. The number of halogens is 2. The zero-order valence-electron chi connectivity index (χ0n) is 9.46. The Hall–Kier alpha value is -0.740. The summed E-state index contributed by atoms with van der Waals surface area (Å²) >= 11 is 3.12. The highest BCUT2D eigenvalue weighted by molar-refractivity contribution is 9.10. The molecule has 92 valence electrons. The van der Waals surface area contributed by atoms with Gasteiger partial charge in [-0.3, -0.25) is 4.79 Å². The van der Waals surface area contributed by atoms with Crippen LogP contribution in [0.2, 0.25) is 0 Å². The van der Waals surface area contributed by atoms with Gasteiger partial charge >= 0.3 is 0 Å². The minimum Gasteiger partial charge on any atom is -0.327 e. The van der Waals surface area contributed by atoms with Gasteiger partial charge in [-0.2, -0.15) is 0 Å². The Balaban J connectivity index is 2.05. The van der Waals surface area contributed by atoms with Crippen molar-refractivity contribution in [3.05, 3.63) is 34.1 Å². The van der Waals surface area contributed by atoms with Crippen molar-refractivity contribution in [3.8, 4) is 0 Å².